The van der Waals surface area contributed by atoms with Crippen molar-refractivity contribution in [3.8, 4) is 6.07 Å². The summed E-state index contributed by atoms with van der Waals surface area (Å²) in [5, 5.41) is 9.36. The molecule has 106 valence electrons. The number of nitriles is 1. The maximum atomic E-state index is 9.36. The quantitative estimate of drug-likeness (QED) is 0.938. The largest absolute Gasteiger partial charge is 0.370 e. The van der Waals surface area contributed by atoms with E-state index in [1.54, 1.807) is 0 Å². The molecule has 0 saturated carbocycles. The fourth-order valence-corrected chi connectivity index (χ4v) is 3.05. The van der Waals surface area contributed by atoms with Crippen LogP contribution < -0.4 is 10.6 Å². The molecule has 3 heteroatoms. The van der Waals surface area contributed by atoms with Gasteiger partial charge < -0.3 is 10.6 Å². The molecule has 1 aliphatic heterocycles. The molecule has 0 radical (unpaired) electrons. The van der Waals surface area contributed by atoms with Gasteiger partial charge in [0, 0.05) is 25.6 Å². The molecule has 1 aliphatic rings. The van der Waals surface area contributed by atoms with Crippen LogP contribution >= 0.6 is 0 Å². The van der Waals surface area contributed by atoms with E-state index < -0.39 is 0 Å². The Kier molecular flexibility index (Phi) is 3.89. The van der Waals surface area contributed by atoms with Crippen LogP contribution in [-0.4, -0.2) is 13.1 Å². The highest BCUT2D eigenvalue weighted by Crippen LogP contribution is 2.32. The third-order valence-corrected chi connectivity index (χ3v) is 4.22. The molecule has 2 N–H and O–H groups in total. The maximum Gasteiger partial charge on any atom is 0.101 e. The number of hydrogen-bond acceptors (Lipinski definition) is 3. The number of rotatable bonds is 3. The molecule has 1 atom stereocenters. The number of anilines is 1. The van der Waals surface area contributed by atoms with Gasteiger partial charge >= 0.3 is 0 Å². The molecule has 0 bridgehead atoms. The summed E-state index contributed by atoms with van der Waals surface area (Å²) in [5.74, 6) is 0.548. The SMILES string of the molecule is N#Cc1cc(CN)ccc1N1CCC(c2ccccc2)C1. The van der Waals surface area contributed by atoms with Crippen LogP contribution in [0.25, 0.3) is 0 Å². The summed E-state index contributed by atoms with van der Waals surface area (Å²) < 4.78 is 0. The maximum absolute atomic E-state index is 9.36. The van der Waals surface area contributed by atoms with E-state index in [-0.39, 0.29) is 0 Å². The Hall–Kier alpha value is -2.31. The van der Waals surface area contributed by atoms with Gasteiger partial charge in [-0.1, -0.05) is 36.4 Å². The molecule has 2 aromatic rings. The van der Waals surface area contributed by atoms with E-state index in [1.807, 2.05) is 18.2 Å². The van der Waals surface area contributed by atoms with Gasteiger partial charge in [-0.15, -0.1) is 0 Å². The molecule has 1 fully saturated rings. The monoisotopic (exact) mass is 277 g/mol. The van der Waals surface area contributed by atoms with Gasteiger partial charge in [0.15, 0.2) is 0 Å². The molecule has 1 saturated heterocycles. The smallest absolute Gasteiger partial charge is 0.101 e. The molecular weight excluding hydrogens is 258 g/mol. The molecule has 0 amide bonds. The molecule has 3 nitrogen and oxygen atoms in total. The van der Waals surface area contributed by atoms with E-state index in [0.717, 1.165) is 36.3 Å². The molecule has 2 aromatic carbocycles. The molecule has 21 heavy (non-hydrogen) atoms. The van der Waals surface area contributed by atoms with Crippen LogP contribution in [0.15, 0.2) is 48.5 Å². The topological polar surface area (TPSA) is 53.1 Å². The van der Waals surface area contributed by atoms with Gasteiger partial charge in [-0.25, -0.2) is 0 Å². The first-order chi connectivity index (χ1) is 10.3. The van der Waals surface area contributed by atoms with Crippen molar-refractivity contribution in [1.29, 1.82) is 5.26 Å². The standard InChI is InChI=1S/C18H19N3/c19-11-14-6-7-18(17(10-14)12-20)21-9-8-16(13-21)15-4-2-1-3-5-15/h1-7,10,16H,8-9,11,13,19H2. The molecule has 1 heterocycles. The van der Waals surface area contributed by atoms with Gasteiger partial charge in [-0.3, -0.25) is 0 Å². The zero-order valence-electron chi connectivity index (χ0n) is 12.0. The van der Waals surface area contributed by atoms with Crippen LogP contribution in [0, 0.1) is 11.3 Å². The molecule has 3 rings (SSSR count). The minimum atomic E-state index is 0.474. The zero-order chi connectivity index (χ0) is 14.7. The van der Waals surface area contributed by atoms with Crippen molar-refractivity contribution in [1.82, 2.24) is 0 Å². The fraction of sp³-hybridized carbons (Fsp3) is 0.278. The number of nitrogens with two attached hydrogens (primary N) is 1. The van der Waals surface area contributed by atoms with E-state index in [0.29, 0.717) is 12.5 Å². The minimum absolute atomic E-state index is 0.474. The zero-order valence-corrected chi connectivity index (χ0v) is 12.0. The van der Waals surface area contributed by atoms with Crippen LogP contribution in [0.1, 0.15) is 29.0 Å². The Bertz CT molecular complexity index is 658. The van der Waals surface area contributed by atoms with E-state index in [1.165, 1.54) is 5.56 Å². The van der Waals surface area contributed by atoms with Gasteiger partial charge in [-0.2, -0.15) is 5.26 Å². The first-order valence-corrected chi connectivity index (χ1v) is 7.35. The second-order valence-electron chi connectivity index (χ2n) is 5.51. The highest BCUT2D eigenvalue weighted by molar-refractivity contribution is 5.61. The predicted octanol–water partition coefficient (Wildman–Crippen LogP) is 3.01. The van der Waals surface area contributed by atoms with Crippen LogP contribution in [0.2, 0.25) is 0 Å². The van der Waals surface area contributed by atoms with Gasteiger partial charge in [0.2, 0.25) is 0 Å². The van der Waals surface area contributed by atoms with Crippen LogP contribution in [0.5, 0.6) is 0 Å². The molecule has 0 aliphatic carbocycles. The summed E-state index contributed by atoms with van der Waals surface area (Å²) in [6, 6.07) is 18.9. The van der Waals surface area contributed by atoms with Crippen molar-refractivity contribution in [2.24, 2.45) is 5.73 Å². The summed E-state index contributed by atoms with van der Waals surface area (Å²) in [6.07, 6.45) is 1.13. The lowest BCUT2D eigenvalue weighted by atomic mass is 9.99. The molecule has 0 spiro atoms. The van der Waals surface area contributed by atoms with Crippen molar-refractivity contribution in [3.05, 3.63) is 65.2 Å². The first kappa shape index (κ1) is 13.7. The second-order valence-corrected chi connectivity index (χ2v) is 5.51. The number of nitrogens with zero attached hydrogens (tertiary/aromatic N) is 2. The van der Waals surface area contributed by atoms with Gasteiger partial charge in [0.1, 0.15) is 6.07 Å². The van der Waals surface area contributed by atoms with Crippen molar-refractivity contribution in [2.45, 2.75) is 18.9 Å². The highest BCUT2D eigenvalue weighted by Gasteiger charge is 2.25. The van der Waals surface area contributed by atoms with E-state index >= 15 is 0 Å². The van der Waals surface area contributed by atoms with Crippen molar-refractivity contribution in [3.63, 3.8) is 0 Å². The van der Waals surface area contributed by atoms with E-state index in [2.05, 4.69) is 41.3 Å². The minimum Gasteiger partial charge on any atom is -0.370 e. The Morgan fingerprint density at radius 3 is 2.71 bits per heavy atom. The lowest BCUT2D eigenvalue weighted by molar-refractivity contribution is 0.775. The summed E-state index contributed by atoms with van der Waals surface area (Å²) in [6.45, 7) is 2.44. The van der Waals surface area contributed by atoms with E-state index in [4.69, 9.17) is 5.73 Å². The van der Waals surface area contributed by atoms with Gasteiger partial charge in [-0.05, 0) is 29.7 Å². The molecular formula is C18H19N3. The summed E-state index contributed by atoms with van der Waals surface area (Å²) >= 11 is 0. The van der Waals surface area contributed by atoms with Crippen LogP contribution in [0.4, 0.5) is 5.69 Å². The molecule has 0 aromatic heterocycles. The summed E-state index contributed by atoms with van der Waals surface area (Å²) in [7, 11) is 0. The van der Waals surface area contributed by atoms with Crippen LogP contribution in [-0.2, 0) is 6.54 Å². The third kappa shape index (κ3) is 2.76. The lowest BCUT2D eigenvalue weighted by Gasteiger charge is -2.20. The van der Waals surface area contributed by atoms with Crippen molar-refractivity contribution in [2.75, 3.05) is 18.0 Å². The first-order valence-electron chi connectivity index (χ1n) is 7.35. The van der Waals surface area contributed by atoms with Crippen LogP contribution in [0.3, 0.4) is 0 Å². The van der Waals surface area contributed by atoms with Gasteiger partial charge in [0.25, 0.3) is 0 Å². The van der Waals surface area contributed by atoms with Crippen molar-refractivity contribution >= 4 is 5.69 Å². The van der Waals surface area contributed by atoms with Crippen molar-refractivity contribution < 1.29 is 0 Å². The predicted molar refractivity (Wildman–Crippen MR) is 85.1 cm³/mol. The third-order valence-electron chi connectivity index (χ3n) is 4.22. The molecule has 1 unspecified atom stereocenters. The summed E-state index contributed by atoms with van der Waals surface area (Å²) in [4.78, 5) is 2.32. The normalized spacial score (nSPS) is 17.7. The van der Waals surface area contributed by atoms with E-state index in [9.17, 15) is 5.26 Å². The second kappa shape index (κ2) is 5.99. The number of benzene rings is 2. The average molecular weight is 277 g/mol. The fourth-order valence-electron chi connectivity index (χ4n) is 3.05. The Morgan fingerprint density at radius 1 is 1.19 bits per heavy atom. The Morgan fingerprint density at radius 2 is 2.00 bits per heavy atom. The highest BCUT2D eigenvalue weighted by atomic mass is 15.2. The average Bonchev–Trinajstić information content (AvgIpc) is 3.04. The van der Waals surface area contributed by atoms with Gasteiger partial charge in [0.05, 0.1) is 11.3 Å². The Balaban J connectivity index is 1.82. The number of hydrogen-bond donors (Lipinski definition) is 1. The Labute approximate surface area is 125 Å². The lowest BCUT2D eigenvalue weighted by Crippen LogP contribution is -2.20. The summed E-state index contributed by atoms with van der Waals surface area (Å²) in [5.41, 5.74) is 9.81.